The van der Waals surface area contributed by atoms with Gasteiger partial charge in [-0.1, -0.05) is 13.8 Å². The molecule has 0 heterocycles. The highest BCUT2D eigenvalue weighted by molar-refractivity contribution is 8.17. The monoisotopic (exact) mass is 280 g/mol. The molecule has 0 radical (unpaired) electrons. The summed E-state index contributed by atoms with van der Waals surface area (Å²) in [5.74, 6) is 0.155. The second-order valence-corrected chi connectivity index (χ2v) is 7.01. The molecule has 0 aliphatic heterocycles. The van der Waals surface area contributed by atoms with E-state index in [2.05, 4.69) is 13.8 Å². The first-order valence-corrected chi connectivity index (χ1v) is 7.68. The van der Waals surface area contributed by atoms with Crippen molar-refractivity contribution in [2.75, 3.05) is 11.5 Å². The van der Waals surface area contributed by atoms with Crippen molar-refractivity contribution < 1.29 is 19.8 Å². The molecular formula is C11H20O4S2. The van der Waals surface area contributed by atoms with Crippen LogP contribution in [0.3, 0.4) is 0 Å². The summed E-state index contributed by atoms with van der Waals surface area (Å²) in [7, 11) is 0. The maximum absolute atomic E-state index is 10.4. The van der Waals surface area contributed by atoms with Crippen LogP contribution in [0.1, 0.15) is 33.1 Å². The van der Waals surface area contributed by atoms with Crippen molar-refractivity contribution in [2.24, 2.45) is 5.92 Å². The van der Waals surface area contributed by atoms with Gasteiger partial charge < -0.3 is 10.2 Å². The van der Waals surface area contributed by atoms with Crippen LogP contribution in [-0.2, 0) is 9.59 Å². The van der Waals surface area contributed by atoms with Gasteiger partial charge in [0.2, 0.25) is 0 Å². The Bertz CT molecular complexity index is 224. The van der Waals surface area contributed by atoms with E-state index in [1.807, 2.05) is 0 Å². The molecule has 0 amide bonds. The normalized spacial score (nSPS) is 11.1. The van der Waals surface area contributed by atoms with Crippen molar-refractivity contribution >= 4 is 35.5 Å². The van der Waals surface area contributed by atoms with E-state index in [1.165, 1.54) is 0 Å². The van der Waals surface area contributed by atoms with Crippen molar-refractivity contribution in [1.82, 2.24) is 0 Å². The van der Waals surface area contributed by atoms with Gasteiger partial charge in [-0.3, -0.25) is 9.59 Å². The fourth-order valence-corrected chi connectivity index (χ4v) is 4.24. The standard InChI is InChI=1S/C11H20O4S2/c1-8(2)7-11(16-5-3-9(12)13)17-6-4-10(14)15/h8,11H,3-7H2,1-2H3,(H,12,13)(H,14,15). The number of hydrogen-bond donors (Lipinski definition) is 2. The Morgan fingerprint density at radius 3 is 1.71 bits per heavy atom. The third-order valence-electron chi connectivity index (χ3n) is 1.90. The van der Waals surface area contributed by atoms with Gasteiger partial charge >= 0.3 is 11.9 Å². The molecule has 0 aliphatic rings. The van der Waals surface area contributed by atoms with Gasteiger partial charge in [0.05, 0.1) is 17.4 Å². The van der Waals surface area contributed by atoms with E-state index in [0.717, 1.165) is 6.42 Å². The second-order valence-electron chi connectivity index (χ2n) is 4.09. The van der Waals surface area contributed by atoms with E-state index in [0.29, 0.717) is 22.0 Å². The molecule has 0 aromatic heterocycles. The molecule has 0 rings (SSSR count). The Hall–Kier alpha value is -0.360. The minimum atomic E-state index is -0.781. The Morgan fingerprint density at radius 1 is 1.00 bits per heavy atom. The van der Waals surface area contributed by atoms with E-state index in [-0.39, 0.29) is 12.8 Å². The largest absolute Gasteiger partial charge is 0.481 e. The molecular weight excluding hydrogens is 260 g/mol. The highest BCUT2D eigenvalue weighted by Gasteiger charge is 2.13. The van der Waals surface area contributed by atoms with Gasteiger partial charge in [0.1, 0.15) is 0 Å². The van der Waals surface area contributed by atoms with Crippen molar-refractivity contribution in [3.8, 4) is 0 Å². The number of hydrogen-bond acceptors (Lipinski definition) is 4. The van der Waals surface area contributed by atoms with E-state index in [1.54, 1.807) is 23.5 Å². The molecule has 0 atom stereocenters. The topological polar surface area (TPSA) is 74.6 Å². The highest BCUT2D eigenvalue weighted by Crippen LogP contribution is 2.30. The highest BCUT2D eigenvalue weighted by atomic mass is 32.2. The van der Waals surface area contributed by atoms with Crippen molar-refractivity contribution in [1.29, 1.82) is 0 Å². The van der Waals surface area contributed by atoms with Crippen LogP contribution < -0.4 is 0 Å². The van der Waals surface area contributed by atoms with Crippen LogP contribution in [0, 0.1) is 5.92 Å². The molecule has 17 heavy (non-hydrogen) atoms. The third kappa shape index (κ3) is 11.9. The molecule has 0 aliphatic carbocycles. The van der Waals surface area contributed by atoms with Gasteiger partial charge in [-0.2, -0.15) is 0 Å². The Kier molecular flexibility index (Phi) is 9.44. The lowest BCUT2D eigenvalue weighted by molar-refractivity contribution is -0.137. The number of thioether (sulfide) groups is 2. The zero-order valence-corrected chi connectivity index (χ0v) is 11.9. The predicted molar refractivity (Wildman–Crippen MR) is 72.7 cm³/mol. The Morgan fingerprint density at radius 2 is 1.41 bits per heavy atom. The lowest BCUT2D eigenvalue weighted by atomic mass is 10.2. The van der Waals surface area contributed by atoms with Crippen LogP contribution in [0.25, 0.3) is 0 Å². The van der Waals surface area contributed by atoms with Crippen LogP contribution in [-0.4, -0.2) is 38.2 Å². The summed E-state index contributed by atoms with van der Waals surface area (Å²) in [6.07, 6.45) is 1.31. The molecule has 0 aromatic carbocycles. The van der Waals surface area contributed by atoms with E-state index in [9.17, 15) is 9.59 Å². The smallest absolute Gasteiger partial charge is 0.304 e. The van der Waals surface area contributed by atoms with Gasteiger partial charge in [0.25, 0.3) is 0 Å². The molecule has 0 saturated heterocycles. The van der Waals surface area contributed by atoms with Gasteiger partial charge in [-0.15, -0.1) is 23.5 Å². The predicted octanol–water partition coefficient (Wildman–Crippen LogP) is 2.77. The van der Waals surface area contributed by atoms with E-state index < -0.39 is 11.9 Å². The average molecular weight is 280 g/mol. The van der Waals surface area contributed by atoms with Gasteiger partial charge in [-0.25, -0.2) is 0 Å². The minimum absolute atomic E-state index is 0.165. The molecule has 0 spiro atoms. The third-order valence-corrected chi connectivity index (χ3v) is 4.73. The zero-order valence-electron chi connectivity index (χ0n) is 10.2. The molecule has 2 N–H and O–H groups in total. The second kappa shape index (κ2) is 9.65. The van der Waals surface area contributed by atoms with E-state index >= 15 is 0 Å². The quantitative estimate of drug-likeness (QED) is 0.599. The summed E-state index contributed by atoms with van der Waals surface area (Å²) in [6, 6.07) is 0. The number of aliphatic carboxylic acids is 2. The summed E-state index contributed by atoms with van der Waals surface area (Å²) in [4.78, 5) is 20.8. The van der Waals surface area contributed by atoms with Crippen LogP contribution >= 0.6 is 23.5 Å². The van der Waals surface area contributed by atoms with E-state index in [4.69, 9.17) is 10.2 Å². The average Bonchev–Trinajstić information content (AvgIpc) is 2.15. The number of rotatable bonds is 10. The maximum atomic E-state index is 10.4. The summed E-state index contributed by atoms with van der Waals surface area (Å²) >= 11 is 3.24. The fraction of sp³-hybridized carbons (Fsp3) is 0.818. The number of carbonyl (C=O) groups is 2. The van der Waals surface area contributed by atoms with Gasteiger partial charge in [-0.05, 0) is 12.3 Å². The lowest BCUT2D eigenvalue weighted by Gasteiger charge is -2.17. The SMILES string of the molecule is CC(C)CC(SCCC(=O)O)SCCC(=O)O. The summed E-state index contributed by atoms with van der Waals surface area (Å²) in [6.45, 7) is 4.23. The van der Waals surface area contributed by atoms with Crippen LogP contribution in [0.2, 0.25) is 0 Å². The molecule has 0 saturated carbocycles. The number of carboxylic acid groups (broad SMARTS) is 2. The van der Waals surface area contributed by atoms with Gasteiger partial charge in [0, 0.05) is 11.5 Å². The first-order chi connectivity index (χ1) is 7.91. The fourth-order valence-electron chi connectivity index (χ4n) is 1.12. The first kappa shape index (κ1) is 16.6. The summed E-state index contributed by atoms with van der Waals surface area (Å²) < 4.78 is 0.300. The molecule has 6 heteroatoms. The zero-order chi connectivity index (χ0) is 13.3. The van der Waals surface area contributed by atoms with Crippen molar-refractivity contribution in [3.63, 3.8) is 0 Å². The van der Waals surface area contributed by atoms with Crippen molar-refractivity contribution in [2.45, 2.75) is 37.7 Å². The van der Waals surface area contributed by atoms with Crippen LogP contribution in [0.15, 0.2) is 0 Å². The molecule has 0 unspecified atom stereocenters. The van der Waals surface area contributed by atoms with Crippen LogP contribution in [0.4, 0.5) is 0 Å². The Balaban J connectivity index is 3.87. The minimum Gasteiger partial charge on any atom is -0.481 e. The molecule has 4 nitrogen and oxygen atoms in total. The van der Waals surface area contributed by atoms with Crippen LogP contribution in [0.5, 0.6) is 0 Å². The Labute approximate surface area is 111 Å². The maximum Gasteiger partial charge on any atom is 0.304 e. The summed E-state index contributed by atoms with van der Waals surface area (Å²) in [5.41, 5.74) is 0. The molecule has 0 aromatic rings. The van der Waals surface area contributed by atoms with Gasteiger partial charge in [0.15, 0.2) is 0 Å². The molecule has 100 valence electrons. The first-order valence-electron chi connectivity index (χ1n) is 5.58. The summed E-state index contributed by atoms with van der Waals surface area (Å²) in [5, 5.41) is 17.1. The lowest BCUT2D eigenvalue weighted by Crippen LogP contribution is -2.07. The van der Waals surface area contributed by atoms with Crippen molar-refractivity contribution in [3.05, 3.63) is 0 Å². The number of carboxylic acids is 2. The molecule has 0 fully saturated rings. The molecule has 0 bridgehead atoms.